The van der Waals surface area contributed by atoms with Gasteiger partial charge >= 0.3 is 0 Å². The lowest BCUT2D eigenvalue weighted by Crippen LogP contribution is -2.19. The van der Waals surface area contributed by atoms with Gasteiger partial charge in [-0.05, 0) is 61.5 Å². The second-order valence-corrected chi connectivity index (χ2v) is 9.63. The molecule has 4 aromatic rings. The second kappa shape index (κ2) is 11.8. The largest absolute Gasteiger partial charge is 0.494 e. The summed E-state index contributed by atoms with van der Waals surface area (Å²) in [5, 5.41) is 17.9. The number of imide groups is 1. The number of nitrogens with one attached hydrogen (secondary N) is 3. The molecule has 198 valence electrons. The van der Waals surface area contributed by atoms with Crippen molar-refractivity contribution < 1.29 is 19.1 Å². The molecule has 0 fully saturated rings. The van der Waals surface area contributed by atoms with E-state index >= 15 is 0 Å². The molecule has 39 heavy (non-hydrogen) atoms. The predicted molar refractivity (Wildman–Crippen MR) is 149 cm³/mol. The summed E-state index contributed by atoms with van der Waals surface area (Å²) >= 11 is 1.43. The van der Waals surface area contributed by atoms with Crippen LogP contribution in [0.1, 0.15) is 39.9 Å². The molecule has 3 N–H and O–H groups in total. The number of thioether (sulfide) groups is 1. The Morgan fingerprint density at radius 2 is 1.69 bits per heavy atom. The van der Waals surface area contributed by atoms with Crippen molar-refractivity contribution in [3.63, 3.8) is 0 Å². The van der Waals surface area contributed by atoms with Crippen LogP contribution in [0.15, 0.2) is 78.0 Å². The molecule has 0 radical (unpaired) electrons. The topological polar surface area (TPSA) is 127 Å². The monoisotopic (exact) mass is 542 g/mol. The zero-order valence-electron chi connectivity index (χ0n) is 21.1. The van der Waals surface area contributed by atoms with Gasteiger partial charge in [-0.25, -0.2) is 0 Å². The van der Waals surface area contributed by atoms with Crippen LogP contribution in [0.5, 0.6) is 5.75 Å². The molecule has 3 amide bonds. The number of hydrogen-bond acceptors (Lipinski definition) is 8. The molecule has 0 saturated heterocycles. The fourth-order valence-corrected chi connectivity index (χ4v) is 4.97. The van der Waals surface area contributed by atoms with Crippen LogP contribution in [0.2, 0.25) is 0 Å². The third-order valence-corrected chi connectivity index (χ3v) is 6.84. The molecule has 2 heterocycles. The van der Waals surface area contributed by atoms with Crippen LogP contribution in [-0.2, 0) is 11.3 Å². The first kappa shape index (κ1) is 26.0. The Labute approximate surface area is 229 Å². The molecule has 1 aliphatic heterocycles. The summed E-state index contributed by atoms with van der Waals surface area (Å²) in [6.07, 6.45) is 0.217. The Morgan fingerprint density at radius 1 is 0.949 bits per heavy atom. The van der Waals surface area contributed by atoms with Crippen LogP contribution in [0.3, 0.4) is 0 Å². The lowest BCUT2D eigenvalue weighted by molar-refractivity contribution is -0.115. The van der Waals surface area contributed by atoms with E-state index in [1.807, 2.05) is 66.1 Å². The number of anilines is 2. The van der Waals surface area contributed by atoms with Gasteiger partial charge in [0.15, 0.2) is 11.0 Å². The van der Waals surface area contributed by atoms with Gasteiger partial charge < -0.3 is 15.4 Å². The first-order chi connectivity index (χ1) is 19.0. The van der Waals surface area contributed by atoms with E-state index in [2.05, 4.69) is 26.1 Å². The zero-order valence-corrected chi connectivity index (χ0v) is 22.0. The molecule has 1 aromatic heterocycles. The minimum Gasteiger partial charge on any atom is -0.494 e. The fraction of sp³-hybridized carbons (Fsp3) is 0.179. The molecule has 11 heteroatoms. The maximum Gasteiger partial charge on any atom is 0.259 e. The van der Waals surface area contributed by atoms with Gasteiger partial charge in [0.25, 0.3) is 11.8 Å². The van der Waals surface area contributed by atoms with Crippen molar-refractivity contribution in [1.82, 2.24) is 20.1 Å². The minimum atomic E-state index is -0.463. The van der Waals surface area contributed by atoms with Crippen LogP contribution in [0, 0.1) is 0 Å². The van der Waals surface area contributed by atoms with E-state index in [1.165, 1.54) is 23.9 Å². The maximum absolute atomic E-state index is 12.6. The number of aromatic nitrogens is 3. The standard InChI is InChI=1S/C28H26N6O4S/c1-2-38-21-11-8-18(9-12-21)29-17-24-32-33-28(34(24)20-6-4-3-5-7-20)39-15-14-25(35)30-19-10-13-22-23(16-19)27(37)31-26(22)36/h3-13,16,29H,2,14-15,17H2,1H3,(H,30,35)(H,31,36,37). The van der Waals surface area contributed by atoms with Crippen molar-refractivity contribution in [2.75, 3.05) is 23.0 Å². The predicted octanol–water partition coefficient (Wildman–Crippen LogP) is 4.28. The molecule has 3 aromatic carbocycles. The quantitative estimate of drug-likeness (QED) is 0.189. The molecule has 5 rings (SSSR count). The summed E-state index contributed by atoms with van der Waals surface area (Å²) in [5.41, 5.74) is 2.88. The molecule has 1 aliphatic rings. The lowest BCUT2D eigenvalue weighted by Gasteiger charge is -2.12. The molecule has 0 bridgehead atoms. The summed E-state index contributed by atoms with van der Waals surface area (Å²) < 4.78 is 7.48. The van der Waals surface area contributed by atoms with Gasteiger partial charge in [0.05, 0.1) is 24.3 Å². The highest BCUT2D eigenvalue weighted by Crippen LogP contribution is 2.25. The van der Waals surface area contributed by atoms with E-state index < -0.39 is 11.8 Å². The van der Waals surface area contributed by atoms with Gasteiger partial charge in [0.1, 0.15) is 5.75 Å². The molecule has 0 aliphatic carbocycles. The van der Waals surface area contributed by atoms with Gasteiger partial charge in [-0.2, -0.15) is 0 Å². The molecule has 0 saturated carbocycles. The summed E-state index contributed by atoms with van der Waals surface area (Å²) in [6.45, 7) is 3.01. The van der Waals surface area contributed by atoms with E-state index in [9.17, 15) is 14.4 Å². The van der Waals surface area contributed by atoms with E-state index in [0.29, 0.717) is 35.3 Å². The van der Waals surface area contributed by atoms with Gasteiger partial charge in [0, 0.05) is 29.2 Å². The maximum atomic E-state index is 12.6. The van der Waals surface area contributed by atoms with Crippen molar-refractivity contribution >= 4 is 40.9 Å². The Balaban J connectivity index is 1.22. The Bertz CT molecular complexity index is 1500. The number of rotatable bonds is 11. The normalized spacial score (nSPS) is 12.1. The first-order valence-electron chi connectivity index (χ1n) is 12.4. The second-order valence-electron chi connectivity index (χ2n) is 8.57. The van der Waals surface area contributed by atoms with Crippen LogP contribution in [0.25, 0.3) is 5.69 Å². The third-order valence-electron chi connectivity index (χ3n) is 5.91. The minimum absolute atomic E-state index is 0.213. The summed E-state index contributed by atoms with van der Waals surface area (Å²) in [5.74, 6) is 0.904. The number of ether oxygens (including phenoxy) is 1. The van der Waals surface area contributed by atoms with Gasteiger partial charge in [0.2, 0.25) is 5.91 Å². The number of hydrogen-bond donors (Lipinski definition) is 3. The summed E-state index contributed by atoms with van der Waals surface area (Å²) in [7, 11) is 0. The first-order valence-corrected chi connectivity index (χ1v) is 13.4. The van der Waals surface area contributed by atoms with E-state index in [0.717, 1.165) is 22.9 Å². The number of benzene rings is 3. The van der Waals surface area contributed by atoms with Crippen LogP contribution in [-0.4, -0.2) is 44.8 Å². The SMILES string of the molecule is CCOc1ccc(NCc2nnc(SCCC(=O)Nc3ccc4c(c3)C(=O)NC4=O)n2-c2ccccc2)cc1. The van der Waals surface area contributed by atoms with Crippen molar-refractivity contribution in [2.45, 2.75) is 25.0 Å². The summed E-state index contributed by atoms with van der Waals surface area (Å²) in [4.78, 5) is 36.2. The molecule has 10 nitrogen and oxygen atoms in total. The smallest absolute Gasteiger partial charge is 0.259 e. The van der Waals surface area contributed by atoms with E-state index in [1.54, 1.807) is 6.07 Å². The van der Waals surface area contributed by atoms with Crippen molar-refractivity contribution in [3.8, 4) is 11.4 Å². The number of amides is 3. The van der Waals surface area contributed by atoms with E-state index in [4.69, 9.17) is 4.74 Å². The highest BCUT2D eigenvalue weighted by Gasteiger charge is 2.26. The third kappa shape index (κ3) is 6.10. The Kier molecular flexibility index (Phi) is 7.88. The van der Waals surface area contributed by atoms with Crippen LogP contribution in [0.4, 0.5) is 11.4 Å². The number of nitrogens with zero attached hydrogens (tertiary/aromatic N) is 3. The van der Waals surface area contributed by atoms with Crippen molar-refractivity contribution in [1.29, 1.82) is 0 Å². The zero-order chi connectivity index (χ0) is 27.2. The van der Waals surface area contributed by atoms with Crippen molar-refractivity contribution in [2.24, 2.45) is 0 Å². The molecular weight excluding hydrogens is 516 g/mol. The van der Waals surface area contributed by atoms with Gasteiger partial charge in [-0.15, -0.1) is 10.2 Å². The van der Waals surface area contributed by atoms with Crippen molar-refractivity contribution in [3.05, 3.63) is 89.7 Å². The average molecular weight is 543 g/mol. The molecule has 0 unspecified atom stereocenters. The van der Waals surface area contributed by atoms with Crippen LogP contribution < -0.4 is 20.7 Å². The Hall–Kier alpha value is -4.64. The number of carbonyl (C=O) groups excluding carboxylic acids is 3. The number of fused-ring (bicyclic) bond motifs is 1. The average Bonchev–Trinajstić information content (AvgIpc) is 3.48. The number of para-hydroxylation sites is 1. The highest BCUT2D eigenvalue weighted by atomic mass is 32.2. The molecular formula is C28H26N6O4S. The van der Waals surface area contributed by atoms with Gasteiger partial charge in [-0.3, -0.25) is 24.3 Å². The molecule has 0 spiro atoms. The van der Waals surface area contributed by atoms with Gasteiger partial charge in [-0.1, -0.05) is 30.0 Å². The summed E-state index contributed by atoms with van der Waals surface area (Å²) in [6, 6.07) is 22.2. The number of carbonyl (C=O) groups is 3. The highest BCUT2D eigenvalue weighted by molar-refractivity contribution is 7.99. The lowest BCUT2D eigenvalue weighted by atomic mass is 10.1. The Morgan fingerprint density at radius 3 is 2.46 bits per heavy atom. The fourth-order valence-electron chi connectivity index (χ4n) is 4.07. The van der Waals surface area contributed by atoms with E-state index in [-0.39, 0.29) is 17.9 Å². The van der Waals surface area contributed by atoms with Crippen LogP contribution >= 0.6 is 11.8 Å². The molecule has 0 atom stereocenters.